The average molecular weight is 258 g/mol. The lowest BCUT2D eigenvalue weighted by Crippen LogP contribution is -2.18. The summed E-state index contributed by atoms with van der Waals surface area (Å²) in [7, 11) is -4.50. The summed E-state index contributed by atoms with van der Waals surface area (Å²) < 4.78 is 13.8. The standard InChI is InChI=1S/C4H6O2.C3H9O6P/c1-3(2)4(5)6;4-1-3(5)2-9-10(6,7)8/h1H2,2H3,(H,5,6);3-5H,1-2H2,(H2,6,7,8). The van der Waals surface area contributed by atoms with Crippen LogP contribution in [0.4, 0.5) is 0 Å². The molecule has 0 aliphatic rings. The fourth-order valence-electron chi connectivity index (χ4n) is 0.236. The van der Waals surface area contributed by atoms with E-state index in [0.717, 1.165) is 0 Å². The van der Waals surface area contributed by atoms with Crippen molar-refractivity contribution >= 4 is 13.8 Å². The molecule has 1 unspecified atom stereocenters. The fraction of sp³-hybridized carbons (Fsp3) is 0.571. The second-order valence-corrected chi connectivity index (χ2v) is 3.95. The number of aliphatic hydroxyl groups is 2. The van der Waals surface area contributed by atoms with Gasteiger partial charge in [-0.3, -0.25) is 4.52 Å². The molecule has 0 saturated heterocycles. The summed E-state index contributed by atoms with van der Waals surface area (Å²) in [4.78, 5) is 25.7. The quantitative estimate of drug-likeness (QED) is 0.315. The summed E-state index contributed by atoms with van der Waals surface area (Å²) in [5, 5.41) is 24.5. The summed E-state index contributed by atoms with van der Waals surface area (Å²) >= 11 is 0. The molecule has 0 rings (SSSR count). The number of hydrogen-bond donors (Lipinski definition) is 5. The number of aliphatic carboxylic acids is 1. The third-order valence-electron chi connectivity index (χ3n) is 1.01. The van der Waals surface area contributed by atoms with Gasteiger partial charge in [-0.1, -0.05) is 6.58 Å². The molecule has 0 aromatic rings. The lowest BCUT2D eigenvalue weighted by atomic mass is 10.4. The van der Waals surface area contributed by atoms with E-state index in [1.165, 1.54) is 6.92 Å². The topological polar surface area (TPSA) is 145 Å². The van der Waals surface area contributed by atoms with E-state index in [4.69, 9.17) is 25.1 Å². The number of carboxylic acids is 1. The Morgan fingerprint density at radius 2 is 1.88 bits per heavy atom. The lowest BCUT2D eigenvalue weighted by Gasteiger charge is -2.07. The van der Waals surface area contributed by atoms with Gasteiger partial charge in [-0.25, -0.2) is 9.36 Å². The van der Waals surface area contributed by atoms with Crippen molar-refractivity contribution in [2.24, 2.45) is 0 Å². The molecular weight excluding hydrogens is 243 g/mol. The Morgan fingerprint density at radius 3 is 2.06 bits per heavy atom. The molecule has 96 valence electrons. The Kier molecular flexibility index (Phi) is 9.25. The molecule has 0 saturated carbocycles. The molecular formula is C7H15O8P. The van der Waals surface area contributed by atoms with Crippen LogP contribution in [0.15, 0.2) is 12.2 Å². The van der Waals surface area contributed by atoms with Crippen LogP contribution in [0.25, 0.3) is 0 Å². The van der Waals surface area contributed by atoms with Crippen molar-refractivity contribution < 1.29 is 39.0 Å². The third kappa shape index (κ3) is 15.7. The Labute approximate surface area is 92.0 Å². The largest absolute Gasteiger partial charge is 0.478 e. The van der Waals surface area contributed by atoms with Crippen molar-refractivity contribution in [2.75, 3.05) is 13.2 Å². The van der Waals surface area contributed by atoms with Gasteiger partial charge in [0.25, 0.3) is 0 Å². The Morgan fingerprint density at radius 1 is 1.50 bits per heavy atom. The van der Waals surface area contributed by atoms with Gasteiger partial charge in [0, 0.05) is 5.57 Å². The zero-order valence-corrected chi connectivity index (χ0v) is 9.50. The van der Waals surface area contributed by atoms with Gasteiger partial charge in [0.2, 0.25) is 0 Å². The zero-order chi connectivity index (χ0) is 13.4. The van der Waals surface area contributed by atoms with Gasteiger partial charge in [0.1, 0.15) is 6.10 Å². The van der Waals surface area contributed by atoms with E-state index in [0.29, 0.717) is 0 Å². The van der Waals surface area contributed by atoms with Gasteiger partial charge in [-0.2, -0.15) is 0 Å². The highest BCUT2D eigenvalue weighted by atomic mass is 31.2. The molecule has 0 radical (unpaired) electrons. The Hall–Kier alpha value is -0.760. The smallest absolute Gasteiger partial charge is 0.469 e. The van der Waals surface area contributed by atoms with Crippen LogP contribution >= 0.6 is 7.82 Å². The summed E-state index contributed by atoms with van der Waals surface area (Å²) in [6.45, 7) is 3.45. The number of carbonyl (C=O) groups is 1. The van der Waals surface area contributed by atoms with Gasteiger partial charge >= 0.3 is 13.8 Å². The highest BCUT2D eigenvalue weighted by Crippen LogP contribution is 2.35. The minimum absolute atomic E-state index is 0.176. The number of phosphoric ester groups is 1. The molecule has 0 fully saturated rings. The Bertz CT molecular complexity index is 258. The van der Waals surface area contributed by atoms with Crippen LogP contribution < -0.4 is 0 Å². The third-order valence-corrected chi connectivity index (χ3v) is 1.50. The van der Waals surface area contributed by atoms with Gasteiger partial charge in [-0.05, 0) is 6.92 Å². The molecule has 0 aliphatic heterocycles. The van der Waals surface area contributed by atoms with Crippen molar-refractivity contribution in [3.63, 3.8) is 0 Å². The van der Waals surface area contributed by atoms with Crippen LogP contribution in [-0.2, 0) is 13.9 Å². The number of phosphoric acid groups is 1. The molecule has 0 aromatic carbocycles. The molecule has 0 aromatic heterocycles. The summed E-state index contributed by atoms with van der Waals surface area (Å²) in [5.41, 5.74) is 0.176. The first-order chi connectivity index (χ1) is 7.10. The van der Waals surface area contributed by atoms with E-state index < -0.39 is 33.1 Å². The van der Waals surface area contributed by atoms with E-state index >= 15 is 0 Å². The molecule has 0 aliphatic carbocycles. The first-order valence-electron chi connectivity index (χ1n) is 3.98. The van der Waals surface area contributed by atoms with Gasteiger partial charge < -0.3 is 25.1 Å². The minimum atomic E-state index is -4.50. The van der Waals surface area contributed by atoms with Crippen LogP contribution in [0.1, 0.15) is 6.92 Å². The van der Waals surface area contributed by atoms with Gasteiger partial charge in [-0.15, -0.1) is 0 Å². The van der Waals surface area contributed by atoms with Crippen molar-refractivity contribution in [3.8, 4) is 0 Å². The van der Waals surface area contributed by atoms with Crippen molar-refractivity contribution in [2.45, 2.75) is 13.0 Å². The van der Waals surface area contributed by atoms with Gasteiger partial charge in [0.15, 0.2) is 0 Å². The molecule has 1 atom stereocenters. The predicted molar refractivity (Wildman–Crippen MR) is 53.5 cm³/mol. The molecule has 8 nitrogen and oxygen atoms in total. The second-order valence-electron chi connectivity index (χ2n) is 2.71. The van der Waals surface area contributed by atoms with E-state index in [1.807, 2.05) is 0 Å². The molecule has 0 bridgehead atoms. The van der Waals surface area contributed by atoms with E-state index in [9.17, 15) is 9.36 Å². The predicted octanol–water partition coefficient (Wildman–Crippen LogP) is -0.904. The summed E-state index contributed by atoms with van der Waals surface area (Å²) in [6.07, 6.45) is -1.24. The fourth-order valence-corrected chi connectivity index (χ4v) is 0.602. The van der Waals surface area contributed by atoms with E-state index in [-0.39, 0.29) is 5.57 Å². The molecule has 9 heteroatoms. The monoisotopic (exact) mass is 258 g/mol. The van der Waals surface area contributed by atoms with E-state index in [1.54, 1.807) is 0 Å². The maximum Gasteiger partial charge on any atom is 0.469 e. The SMILES string of the molecule is C=C(C)C(=O)O.O=P(O)(O)OCC(O)CO. The minimum Gasteiger partial charge on any atom is -0.478 e. The molecule has 0 heterocycles. The number of hydrogen-bond acceptors (Lipinski definition) is 5. The first-order valence-corrected chi connectivity index (χ1v) is 5.51. The van der Waals surface area contributed by atoms with Crippen LogP contribution in [0.2, 0.25) is 0 Å². The second kappa shape index (κ2) is 8.40. The number of rotatable bonds is 5. The Balaban J connectivity index is 0. The normalized spacial score (nSPS) is 12.3. The number of aliphatic hydroxyl groups excluding tert-OH is 2. The molecule has 16 heavy (non-hydrogen) atoms. The highest BCUT2D eigenvalue weighted by Gasteiger charge is 2.15. The average Bonchev–Trinajstić information content (AvgIpc) is 2.13. The molecule has 0 amide bonds. The van der Waals surface area contributed by atoms with Crippen molar-refractivity contribution in [3.05, 3.63) is 12.2 Å². The van der Waals surface area contributed by atoms with Gasteiger partial charge in [0.05, 0.1) is 13.2 Å². The summed E-state index contributed by atoms with van der Waals surface area (Å²) in [5.74, 6) is -0.935. The lowest BCUT2D eigenvalue weighted by molar-refractivity contribution is -0.132. The zero-order valence-electron chi connectivity index (χ0n) is 8.61. The van der Waals surface area contributed by atoms with Crippen LogP contribution in [0, 0.1) is 0 Å². The van der Waals surface area contributed by atoms with Crippen LogP contribution in [0.5, 0.6) is 0 Å². The first kappa shape index (κ1) is 17.6. The maximum atomic E-state index is 9.93. The van der Waals surface area contributed by atoms with Crippen molar-refractivity contribution in [1.29, 1.82) is 0 Å². The molecule has 5 N–H and O–H groups in total. The van der Waals surface area contributed by atoms with Crippen molar-refractivity contribution in [1.82, 2.24) is 0 Å². The maximum absolute atomic E-state index is 9.93. The molecule has 0 spiro atoms. The highest BCUT2D eigenvalue weighted by molar-refractivity contribution is 7.46. The van der Waals surface area contributed by atoms with Crippen LogP contribution in [-0.4, -0.2) is 50.4 Å². The number of carboxylic acid groups (broad SMARTS) is 1. The summed E-state index contributed by atoms with van der Waals surface area (Å²) in [6, 6.07) is 0. The van der Waals surface area contributed by atoms with E-state index in [2.05, 4.69) is 11.1 Å². The van der Waals surface area contributed by atoms with Crippen LogP contribution in [0.3, 0.4) is 0 Å².